The molecule has 35 heavy (non-hydrogen) atoms. The van der Waals surface area contributed by atoms with Crippen LogP contribution in [0.15, 0.2) is 0 Å². The van der Waals surface area contributed by atoms with Crippen LogP contribution in [0, 0.1) is 11.8 Å². The number of thioether (sulfide) groups is 1. The molecule has 2 unspecified atom stereocenters. The van der Waals surface area contributed by atoms with E-state index in [9.17, 15) is 14.2 Å². The van der Waals surface area contributed by atoms with E-state index in [1.54, 1.807) is 11.7 Å². The Bertz CT molecular complexity index is 703. The SMILES string of the molecule is CCCC(C)CSP(=O)(N(CC)SN(C(=O)SCC)C1CCCCC1)N(C)C(=O)C1CCCCC1. The molecular formula is C25H48N3O3PS3. The lowest BCUT2D eigenvalue weighted by Crippen LogP contribution is -2.39. The molecule has 0 N–H and O–H groups in total. The van der Waals surface area contributed by atoms with Crippen molar-refractivity contribution in [2.75, 3.05) is 25.1 Å². The van der Waals surface area contributed by atoms with Gasteiger partial charge in [-0.25, -0.2) is 0 Å². The predicted octanol–water partition coefficient (Wildman–Crippen LogP) is 8.70. The first-order chi connectivity index (χ1) is 16.8. The number of hydrogen-bond donors (Lipinski definition) is 0. The molecule has 2 aliphatic carbocycles. The molecule has 10 heteroatoms. The molecule has 204 valence electrons. The zero-order chi connectivity index (χ0) is 25.8. The van der Waals surface area contributed by atoms with Crippen molar-refractivity contribution in [1.82, 2.24) is 13.1 Å². The number of carbonyl (C=O) groups excluding carboxylic acids is 2. The summed E-state index contributed by atoms with van der Waals surface area (Å²) in [5.74, 6) is 1.86. The molecule has 0 spiro atoms. The Balaban J connectivity index is 2.32. The van der Waals surface area contributed by atoms with Crippen LogP contribution in [-0.4, -0.2) is 55.3 Å². The fourth-order valence-electron chi connectivity index (χ4n) is 4.98. The Morgan fingerprint density at radius 2 is 1.57 bits per heavy atom. The molecule has 2 fully saturated rings. The summed E-state index contributed by atoms with van der Waals surface area (Å²) in [6, 6.07) is 0.158. The minimum atomic E-state index is -3.29. The van der Waals surface area contributed by atoms with E-state index in [0.29, 0.717) is 12.5 Å². The largest absolute Gasteiger partial charge is 0.307 e. The van der Waals surface area contributed by atoms with Crippen molar-refractivity contribution >= 4 is 53.1 Å². The number of hydrogen-bond acceptors (Lipinski definition) is 6. The molecule has 2 aliphatic rings. The summed E-state index contributed by atoms with van der Waals surface area (Å²) in [6.45, 7) is 5.57. The number of amides is 2. The standard InChI is InChI=1S/C25H48N3O3PS3/c1-6-15-21(4)20-34-32(31,26(5)24(29)22-16-11-9-12-17-22)27(7-2)35-28(25(30)33-8-3)23-18-13-10-14-19-23/h21-23H,6-20H2,1-5H3. The molecule has 2 rings (SSSR count). The van der Waals surface area contributed by atoms with E-state index < -0.39 is 6.65 Å². The quantitative estimate of drug-likeness (QED) is 0.163. The fourth-order valence-corrected chi connectivity index (χ4v) is 12.9. The Morgan fingerprint density at radius 1 is 0.971 bits per heavy atom. The highest BCUT2D eigenvalue weighted by Gasteiger charge is 2.43. The van der Waals surface area contributed by atoms with E-state index in [1.807, 2.05) is 22.2 Å². The zero-order valence-electron chi connectivity index (χ0n) is 22.6. The molecule has 6 nitrogen and oxygen atoms in total. The van der Waals surface area contributed by atoms with E-state index in [2.05, 4.69) is 13.8 Å². The van der Waals surface area contributed by atoms with Crippen LogP contribution < -0.4 is 0 Å². The van der Waals surface area contributed by atoms with Crippen molar-refractivity contribution < 1.29 is 14.2 Å². The van der Waals surface area contributed by atoms with Gasteiger partial charge in [-0.05, 0) is 37.4 Å². The second kappa shape index (κ2) is 16.2. The first-order valence-electron chi connectivity index (χ1n) is 13.7. The summed E-state index contributed by atoms with van der Waals surface area (Å²) in [7, 11) is 1.74. The van der Waals surface area contributed by atoms with Gasteiger partial charge in [0.25, 0.3) is 5.24 Å². The summed E-state index contributed by atoms with van der Waals surface area (Å²) in [5.41, 5.74) is 0. The average molecular weight is 566 g/mol. The molecule has 0 aromatic carbocycles. The molecule has 0 aromatic rings. The van der Waals surface area contributed by atoms with Gasteiger partial charge in [0, 0.05) is 31.3 Å². The van der Waals surface area contributed by atoms with Crippen molar-refractivity contribution in [3.63, 3.8) is 0 Å². The predicted molar refractivity (Wildman–Crippen MR) is 156 cm³/mol. The van der Waals surface area contributed by atoms with Gasteiger partial charge in [0.15, 0.2) is 0 Å². The highest BCUT2D eigenvalue weighted by Crippen LogP contribution is 2.67. The van der Waals surface area contributed by atoms with Crippen LogP contribution >= 0.6 is 41.9 Å². The number of carbonyl (C=O) groups is 2. The normalized spacial score (nSPS) is 20.4. The van der Waals surface area contributed by atoms with Gasteiger partial charge in [0.1, 0.15) is 0 Å². The third-order valence-electron chi connectivity index (χ3n) is 7.05. The van der Waals surface area contributed by atoms with E-state index in [-0.39, 0.29) is 23.1 Å². The highest BCUT2D eigenvalue weighted by molar-refractivity contribution is 8.57. The van der Waals surface area contributed by atoms with Gasteiger partial charge in [0.05, 0.1) is 12.1 Å². The van der Waals surface area contributed by atoms with Crippen LogP contribution in [0.25, 0.3) is 0 Å². The molecule has 0 aliphatic heterocycles. The molecule has 0 heterocycles. The number of nitrogens with zero attached hydrogens (tertiary/aromatic N) is 3. The molecule has 2 amide bonds. The maximum atomic E-state index is 14.9. The third kappa shape index (κ3) is 9.15. The van der Waals surface area contributed by atoms with Gasteiger partial charge in [0.2, 0.25) is 5.91 Å². The average Bonchev–Trinajstić information content (AvgIpc) is 2.88. The van der Waals surface area contributed by atoms with E-state index in [1.165, 1.54) is 48.1 Å². The maximum Gasteiger partial charge on any atom is 0.307 e. The molecule has 2 saturated carbocycles. The van der Waals surface area contributed by atoms with Gasteiger partial charge in [-0.15, -0.1) is 0 Å². The Hall–Kier alpha value is 0.180. The van der Waals surface area contributed by atoms with Gasteiger partial charge < -0.3 is 0 Å². The monoisotopic (exact) mass is 565 g/mol. The Kier molecular flexibility index (Phi) is 14.5. The fraction of sp³-hybridized carbons (Fsp3) is 0.920. The lowest BCUT2D eigenvalue weighted by molar-refractivity contribution is -0.130. The minimum Gasteiger partial charge on any atom is -0.275 e. The minimum absolute atomic E-state index is 0.0150. The zero-order valence-corrected chi connectivity index (χ0v) is 25.9. The second-order valence-electron chi connectivity index (χ2n) is 9.94. The van der Waals surface area contributed by atoms with E-state index in [4.69, 9.17) is 0 Å². The van der Waals surface area contributed by atoms with Gasteiger partial charge in [-0.2, -0.15) is 4.08 Å². The second-order valence-corrected chi connectivity index (χ2v) is 17.3. The maximum absolute atomic E-state index is 14.9. The summed E-state index contributed by atoms with van der Waals surface area (Å²) in [4.78, 5) is 26.8. The lowest BCUT2D eigenvalue weighted by atomic mass is 9.89. The van der Waals surface area contributed by atoms with Crippen LogP contribution in [-0.2, 0) is 9.36 Å². The van der Waals surface area contributed by atoms with Crippen LogP contribution in [0.5, 0.6) is 0 Å². The lowest BCUT2D eigenvalue weighted by Gasteiger charge is -2.41. The summed E-state index contributed by atoms with van der Waals surface area (Å²) < 4.78 is 20.2. The van der Waals surface area contributed by atoms with E-state index in [0.717, 1.165) is 75.7 Å². The molecule has 0 saturated heterocycles. The van der Waals surface area contributed by atoms with Crippen molar-refractivity contribution in [3.8, 4) is 0 Å². The molecule has 0 bridgehead atoms. The topological polar surface area (TPSA) is 60.9 Å². The van der Waals surface area contributed by atoms with Crippen LogP contribution in [0.1, 0.15) is 105 Å². The Labute approximate surface area is 227 Å². The summed E-state index contributed by atoms with van der Waals surface area (Å²) in [5, 5.41) is 0.0417. The third-order valence-corrected chi connectivity index (χ3v) is 15.8. The smallest absolute Gasteiger partial charge is 0.275 e. The van der Waals surface area contributed by atoms with Gasteiger partial charge in [-0.1, -0.05) is 102 Å². The Morgan fingerprint density at radius 3 is 2.11 bits per heavy atom. The van der Waals surface area contributed by atoms with Crippen LogP contribution in [0.4, 0.5) is 4.79 Å². The molecular weight excluding hydrogens is 517 g/mol. The first kappa shape index (κ1) is 31.4. The van der Waals surface area contributed by atoms with Crippen molar-refractivity contribution in [3.05, 3.63) is 0 Å². The first-order valence-corrected chi connectivity index (χ1v) is 18.6. The molecule has 2 atom stereocenters. The van der Waals surface area contributed by atoms with Gasteiger partial charge >= 0.3 is 6.65 Å². The van der Waals surface area contributed by atoms with Crippen molar-refractivity contribution in [2.45, 2.75) is 111 Å². The van der Waals surface area contributed by atoms with E-state index >= 15 is 0 Å². The summed E-state index contributed by atoms with van der Waals surface area (Å²) >= 11 is 4.09. The number of rotatable bonds is 13. The molecule has 0 radical (unpaired) electrons. The summed E-state index contributed by atoms with van der Waals surface area (Å²) in [6.07, 6.45) is 12.7. The molecule has 0 aromatic heterocycles. The van der Waals surface area contributed by atoms with Crippen LogP contribution in [0.2, 0.25) is 0 Å². The van der Waals surface area contributed by atoms with Crippen molar-refractivity contribution in [1.29, 1.82) is 0 Å². The van der Waals surface area contributed by atoms with Crippen molar-refractivity contribution in [2.24, 2.45) is 11.8 Å². The van der Waals surface area contributed by atoms with Crippen LogP contribution in [0.3, 0.4) is 0 Å². The van der Waals surface area contributed by atoms with Gasteiger partial charge in [-0.3, -0.25) is 23.1 Å². The highest BCUT2D eigenvalue weighted by atomic mass is 32.7.